The molecule has 10 heteroatoms. The highest BCUT2D eigenvalue weighted by Crippen LogP contribution is 2.47. The number of fused-ring (bicyclic) bond motifs is 1. The van der Waals surface area contributed by atoms with E-state index in [1.54, 1.807) is 20.8 Å². The van der Waals surface area contributed by atoms with Gasteiger partial charge in [-0.3, -0.25) is 14.4 Å². The molecule has 2 fully saturated rings. The quantitative estimate of drug-likeness (QED) is 0.261. The molecule has 3 N–H and O–H groups in total. The fraction of sp³-hybridized carbons (Fsp3) is 0.833. The zero-order chi connectivity index (χ0) is 26.4. The molecule has 0 aromatic carbocycles. The van der Waals surface area contributed by atoms with E-state index in [0.29, 0.717) is 5.01 Å². The van der Waals surface area contributed by atoms with Crippen LogP contribution in [0.1, 0.15) is 68.2 Å². The summed E-state index contributed by atoms with van der Waals surface area (Å²) in [4.78, 5) is 52.4. The number of hydrazine groups is 1. The molecule has 1 amide bonds. The molecule has 0 aliphatic carbocycles. The molecule has 34 heavy (non-hydrogen) atoms. The molecule has 0 radical (unpaired) electrons. The van der Waals surface area contributed by atoms with Crippen LogP contribution in [0.4, 0.5) is 4.79 Å². The Morgan fingerprint density at radius 2 is 1.65 bits per heavy atom. The molecule has 0 spiro atoms. The third-order valence-corrected chi connectivity index (χ3v) is 8.47. The first kappa shape index (κ1) is 28.2. The zero-order valence-electron chi connectivity index (χ0n) is 21.7. The monoisotopic (exact) mass is 484 g/mol. The smallest absolute Gasteiger partial charge is 0.427 e. The maximum absolute atomic E-state index is 13.6. The predicted molar refractivity (Wildman–Crippen MR) is 122 cm³/mol. The Labute approximate surface area is 201 Å². The molecule has 0 unspecified atom stereocenters. The molecule has 2 aliphatic heterocycles. The Hall–Kier alpha value is -2.04. The van der Waals surface area contributed by atoms with Gasteiger partial charge in [0.05, 0.1) is 11.5 Å². The Bertz CT molecular complexity index is 849. The number of methoxy groups -OCH3 is 1. The van der Waals surface area contributed by atoms with Crippen molar-refractivity contribution >= 4 is 23.6 Å². The van der Waals surface area contributed by atoms with Crippen molar-refractivity contribution in [3.05, 3.63) is 0 Å². The number of nitrogens with zero attached hydrogens (tertiary/aromatic N) is 1. The second-order valence-corrected chi connectivity index (χ2v) is 10.4. The number of amides is 1. The van der Waals surface area contributed by atoms with Crippen LogP contribution < -0.4 is 5.84 Å². The van der Waals surface area contributed by atoms with Crippen LogP contribution in [0.5, 0.6) is 0 Å². The van der Waals surface area contributed by atoms with Crippen LogP contribution in [0, 0.1) is 29.6 Å². The largest absolute Gasteiger partial charge is 0.457 e. The van der Waals surface area contributed by atoms with Gasteiger partial charge in [-0.15, -0.1) is 0 Å². The first-order valence-electron chi connectivity index (χ1n) is 11.9. The lowest BCUT2D eigenvalue weighted by atomic mass is 9.69. The summed E-state index contributed by atoms with van der Waals surface area (Å²) in [7, 11) is 1.51. The van der Waals surface area contributed by atoms with Crippen molar-refractivity contribution in [3.8, 4) is 0 Å². The number of carbonyl (C=O) groups is 4. The van der Waals surface area contributed by atoms with E-state index >= 15 is 0 Å². The summed E-state index contributed by atoms with van der Waals surface area (Å²) in [6.07, 6.45) is -1.84. The van der Waals surface area contributed by atoms with Gasteiger partial charge in [0.15, 0.2) is 5.60 Å². The minimum Gasteiger partial charge on any atom is -0.457 e. The molecular formula is C24H40N2O8. The number of rotatable bonds is 2. The summed E-state index contributed by atoms with van der Waals surface area (Å²) in [5.74, 6) is 0.619. The van der Waals surface area contributed by atoms with Crippen LogP contribution in [0.2, 0.25) is 0 Å². The van der Waals surface area contributed by atoms with Crippen molar-refractivity contribution in [3.63, 3.8) is 0 Å². The van der Waals surface area contributed by atoms with Gasteiger partial charge in [0.25, 0.3) is 0 Å². The lowest BCUT2D eigenvalue weighted by Gasteiger charge is -2.46. The predicted octanol–water partition coefficient (Wildman–Crippen LogP) is 2.21. The van der Waals surface area contributed by atoms with E-state index in [4.69, 9.17) is 20.1 Å². The van der Waals surface area contributed by atoms with Crippen molar-refractivity contribution in [2.75, 3.05) is 7.11 Å². The van der Waals surface area contributed by atoms with Crippen molar-refractivity contribution in [1.29, 1.82) is 0 Å². The number of ether oxygens (including phenoxy) is 3. The van der Waals surface area contributed by atoms with Gasteiger partial charge in [0.1, 0.15) is 23.6 Å². The number of carbonyl (C=O) groups excluding carboxylic acids is 4. The van der Waals surface area contributed by atoms with Gasteiger partial charge in [-0.1, -0.05) is 34.6 Å². The second-order valence-electron chi connectivity index (χ2n) is 10.4. The van der Waals surface area contributed by atoms with E-state index in [9.17, 15) is 24.3 Å². The molecule has 2 rings (SSSR count). The van der Waals surface area contributed by atoms with Gasteiger partial charge < -0.3 is 19.3 Å². The SMILES string of the molecule is CC[C@H]1OC(=O)[C@H](C)C(=O)[C@H](C)[C@@H](C)[C@](C)(OC)C[C@@H](C)C(=O)[C@H](C)[C@@]2(O)N(N)C(=O)O[C@]12C. The van der Waals surface area contributed by atoms with Crippen LogP contribution in [0.25, 0.3) is 0 Å². The molecule has 2 saturated heterocycles. The summed E-state index contributed by atoms with van der Waals surface area (Å²) in [5, 5.41) is 12.3. The number of cyclic esters (lactones) is 1. The summed E-state index contributed by atoms with van der Waals surface area (Å²) in [6.45, 7) is 13.1. The molecule has 10 nitrogen and oxygen atoms in total. The maximum atomic E-state index is 13.6. The Kier molecular flexibility index (Phi) is 7.92. The summed E-state index contributed by atoms with van der Waals surface area (Å²) >= 11 is 0. The van der Waals surface area contributed by atoms with Crippen molar-refractivity contribution in [1.82, 2.24) is 5.01 Å². The fourth-order valence-electron chi connectivity index (χ4n) is 5.53. The van der Waals surface area contributed by atoms with Crippen LogP contribution in [-0.4, -0.2) is 63.9 Å². The average Bonchev–Trinajstić information content (AvgIpc) is 2.99. The molecule has 0 bridgehead atoms. The third-order valence-electron chi connectivity index (χ3n) is 8.47. The number of nitrogens with two attached hydrogens (primary N) is 1. The average molecular weight is 485 g/mol. The lowest BCUT2D eigenvalue weighted by Crippen LogP contribution is -2.69. The van der Waals surface area contributed by atoms with Gasteiger partial charge >= 0.3 is 12.1 Å². The van der Waals surface area contributed by atoms with Gasteiger partial charge in [0.2, 0.25) is 5.72 Å². The molecule has 0 saturated carbocycles. The highest BCUT2D eigenvalue weighted by Gasteiger charge is 2.70. The first-order valence-corrected chi connectivity index (χ1v) is 11.9. The fourth-order valence-corrected chi connectivity index (χ4v) is 5.53. The van der Waals surface area contributed by atoms with Crippen LogP contribution in [0.3, 0.4) is 0 Å². The van der Waals surface area contributed by atoms with Crippen molar-refractivity contribution < 1.29 is 38.5 Å². The zero-order valence-corrected chi connectivity index (χ0v) is 21.7. The van der Waals surface area contributed by atoms with E-state index in [0.717, 1.165) is 0 Å². The van der Waals surface area contributed by atoms with E-state index in [1.165, 1.54) is 27.9 Å². The topological polar surface area (TPSA) is 145 Å². The molecule has 194 valence electrons. The molecule has 0 aromatic rings. The van der Waals surface area contributed by atoms with Crippen molar-refractivity contribution in [2.24, 2.45) is 35.4 Å². The lowest BCUT2D eigenvalue weighted by molar-refractivity contribution is -0.227. The molecule has 0 aromatic heterocycles. The van der Waals surface area contributed by atoms with Gasteiger partial charge in [-0.25, -0.2) is 15.6 Å². The summed E-state index contributed by atoms with van der Waals surface area (Å²) in [5.41, 5.74) is -5.07. The van der Waals surface area contributed by atoms with Gasteiger partial charge in [-0.05, 0) is 39.5 Å². The van der Waals surface area contributed by atoms with E-state index in [2.05, 4.69) is 0 Å². The normalized spacial score (nSPS) is 44.9. The minimum atomic E-state index is -2.31. The highest BCUT2D eigenvalue weighted by atomic mass is 16.6. The number of esters is 1. The molecule has 2 aliphatic rings. The summed E-state index contributed by atoms with van der Waals surface area (Å²) in [6, 6.07) is 0. The van der Waals surface area contributed by atoms with E-state index < -0.39 is 58.8 Å². The number of Topliss-reactive ketones (excluding diaryl/α,β-unsaturated/α-hetero) is 2. The van der Waals surface area contributed by atoms with Crippen LogP contribution >= 0.6 is 0 Å². The Balaban J connectivity index is 2.70. The van der Waals surface area contributed by atoms with E-state index in [1.807, 2.05) is 13.8 Å². The Morgan fingerprint density at radius 1 is 1.09 bits per heavy atom. The Morgan fingerprint density at radius 3 is 2.15 bits per heavy atom. The second kappa shape index (κ2) is 9.54. The molecule has 2 heterocycles. The number of ketones is 2. The number of hydrogen-bond donors (Lipinski definition) is 2. The number of hydrogen-bond acceptors (Lipinski definition) is 9. The molecule has 9 atom stereocenters. The summed E-state index contributed by atoms with van der Waals surface area (Å²) < 4.78 is 16.9. The highest BCUT2D eigenvalue weighted by molar-refractivity contribution is 6.00. The van der Waals surface area contributed by atoms with Gasteiger partial charge in [0, 0.05) is 18.9 Å². The number of aliphatic hydroxyl groups is 1. The maximum Gasteiger partial charge on any atom is 0.427 e. The van der Waals surface area contributed by atoms with E-state index in [-0.39, 0.29) is 30.3 Å². The standard InChI is InChI=1S/C24H40N2O8/c1-10-17-23(8)24(31,26(25)21(30)34-23)16(6)18(27)12(2)11-22(7,32-9)15(5)13(3)19(28)14(4)20(29)33-17/h12-17,31H,10-11,25H2,1-9H3/t12-,13-,14-,15-,16+,17-,22-,23-,24+/m1/s1. The third kappa shape index (κ3) is 4.13. The van der Waals surface area contributed by atoms with Crippen LogP contribution in [0.15, 0.2) is 0 Å². The minimum absolute atomic E-state index is 0.136. The van der Waals surface area contributed by atoms with Crippen molar-refractivity contribution in [2.45, 2.75) is 91.3 Å². The molecular weight excluding hydrogens is 444 g/mol. The van der Waals surface area contributed by atoms with Crippen LogP contribution in [-0.2, 0) is 28.6 Å². The van der Waals surface area contributed by atoms with Gasteiger partial charge in [-0.2, -0.15) is 0 Å². The first-order chi connectivity index (χ1) is 15.5.